The first-order valence-corrected chi connectivity index (χ1v) is 18.8. The molecule has 1 saturated heterocycles. The van der Waals surface area contributed by atoms with E-state index >= 15 is 0 Å². The largest absolute Gasteiger partial charge is 0.480 e. The normalized spacial score (nSPS) is 16.9. The van der Waals surface area contributed by atoms with Crippen LogP contribution < -0.4 is 32.3 Å². The number of carboxylic acid groups (broad SMARTS) is 1. The second-order valence-electron chi connectivity index (χ2n) is 13.3. The second-order valence-corrected chi connectivity index (χ2v) is 14.3. The van der Waals surface area contributed by atoms with Crippen molar-refractivity contribution in [3.63, 3.8) is 0 Å². The molecule has 1 aliphatic heterocycles. The Morgan fingerprint density at radius 2 is 1.51 bits per heavy atom. The molecule has 1 aliphatic rings. The first kappa shape index (κ1) is 42.4. The van der Waals surface area contributed by atoms with E-state index in [9.17, 15) is 33.6 Å². The third kappa shape index (κ3) is 13.5. The van der Waals surface area contributed by atoms with Crippen molar-refractivity contribution in [2.24, 2.45) is 11.7 Å². The van der Waals surface area contributed by atoms with Crippen LogP contribution >= 0.6 is 11.8 Å². The van der Waals surface area contributed by atoms with Crippen molar-refractivity contribution in [1.82, 2.24) is 51.4 Å². The molecule has 2 aromatic rings. The van der Waals surface area contributed by atoms with E-state index in [0.29, 0.717) is 42.8 Å². The van der Waals surface area contributed by atoms with Gasteiger partial charge in [0.15, 0.2) is 0 Å². The van der Waals surface area contributed by atoms with Crippen LogP contribution in [-0.2, 0) is 46.4 Å². The van der Waals surface area contributed by atoms with E-state index in [1.54, 1.807) is 11.8 Å². The highest BCUT2D eigenvalue weighted by molar-refractivity contribution is 7.98. The van der Waals surface area contributed by atoms with E-state index < -0.39 is 84.2 Å². The fraction of sp³-hybridized carbons (Fsp3) is 0.606. The topological polar surface area (TPSA) is 286 Å². The van der Waals surface area contributed by atoms with Crippen molar-refractivity contribution < 1.29 is 38.7 Å². The zero-order valence-corrected chi connectivity index (χ0v) is 31.2. The van der Waals surface area contributed by atoms with Gasteiger partial charge in [-0.25, -0.2) is 9.97 Å². The number of thioether (sulfide) groups is 1. The lowest BCUT2D eigenvalue weighted by Crippen LogP contribution is -2.59. The lowest BCUT2D eigenvalue weighted by molar-refractivity contribution is -0.142. The zero-order valence-electron chi connectivity index (χ0n) is 30.3. The van der Waals surface area contributed by atoms with Gasteiger partial charge in [-0.2, -0.15) is 11.8 Å². The van der Waals surface area contributed by atoms with Gasteiger partial charge in [-0.15, -0.1) is 0 Å². The minimum absolute atomic E-state index is 0.0404. The van der Waals surface area contributed by atoms with Crippen molar-refractivity contribution in [2.75, 3.05) is 25.1 Å². The summed E-state index contributed by atoms with van der Waals surface area (Å²) in [6.45, 7) is 4.81. The van der Waals surface area contributed by atoms with E-state index in [-0.39, 0.29) is 25.3 Å². The number of hydrogen-bond donors (Lipinski definition) is 9. The number of H-pyrrole nitrogens is 2. The molecule has 20 heteroatoms. The molecule has 1 fully saturated rings. The van der Waals surface area contributed by atoms with E-state index in [0.717, 1.165) is 0 Å². The second kappa shape index (κ2) is 20.9. The molecule has 0 radical (unpaired) electrons. The van der Waals surface area contributed by atoms with Crippen molar-refractivity contribution in [1.29, 1.82) is 0 Å². The van der Waals surface area contributed by atoms with E-state index in [4.69, 9.17) is 10.8 Å². The van der Waals surface area contributed by atoms with E-state index in [2.05, 4.69) is 46.5 Å². The molecule has 53 heavy (non-hydrogen) atoms. The minimum Gasteiger partial charge on any atom is -0.480 e. The Labute approximate surface area is 311 Å². The molecule has 0 spiro atoms. The number of carbonyl (C=O) groups excluding carboxylic acids is 6. The maximum atomic E-state index is 13.9. The number of nitrogens with two attached hydrogens (primary N) is 1. The summed E-state index contributed by atoms with van der Waals surface area (Å²) in [7, 11) is 0. The summed E-state index contributed by atoms with van der Waals surface area (Å²) in [4.78, 5) is 106. The summed E-state index contributed by atoms with van der Waals surface area (Å²) in [6.07, 6.45) is 9.13. The van der Waals surface area contributed by atoms with Crippen LogP contribution in [0.15, 0.2) is 25.0 Å². The van der Waals surface area contributed by atoms with E-state index in [1.807, 2.05) is 20.1 Å². The summed E-state index contributed by atoms with van der Waals surface area (Å²) >= 11 is 1.56. The highest BCUT2D eigenvalue weighted by atomic mass is 32.2. The molecule has 3 rings (SSSR count). The number of carboxylic acids is 1. The van der Waals surface area contributed by atoms with Gasteiger partial charge in [0.1, 0.15) is 30.2 Å². The van der Waals surface area contributed by atoms with Gasteiger partial charge in [0, 0.05) is 43.2 Å². The third-order valence-corrected chi connectivity index (χ3v) is 9.17. The SMILES string of the molecule is CSCC[C@H](N)C(=O)N[C@@H](CC(C)C)C(=O)N1CCC[C@H]1C(=O)N[C@@H](Cc1cnc[nH]1)C(=O)N[C@@H](Cc1cnc[nH]1)C(=O)NCC(=O)N[C@@H](C)C(=O)O. The van der Waals surface area contributed by atoms with Gasteiger partial charge in [0.2, 0.25) is 35.4 Å². The number of hydrogen-bond acceptors (Lipinski definition) is 11. The van der Waals surface area contributed by atoms with Crippen molar-refractivity contribution >= 4 is 53.2 Å². The average molecular weight is 762 g/mol. The quantitative estimate of drug-likeness (QED) is 0.0681. The van der Waals surface area contributed by atoms with E-state index in [1.165, 1.54) is 36.9 Å². The van der Waals surface area contributed by atoms with Crippen LogP contribution in [0.5, 0.6) is 0 Å². The van der Waals surface area contributed by atoms with Gasteiger partial charge >= 0.3 is 5.97 Å². The molecular formula is C33H51N11O8S. The Hall–Kier alpha value is -4.98. The molecule has 3 heterocycles. The molecule has 19 nitrogen and oxygen atoms in total. The number of aliphatic carboxylic acids is 1. The number of carbonyl (C=O) groups is 7. The molecule has 10 N–H and O–H groups in total. The van der Waals surface area contributed by atoms with Gasteiger partial charge in [0.25, 0.3) is 0 Å². The standard InChI is InChI=1S/C33H51N11O8S/c1-18(2)10-25(43-28(46)22(34)7-9-53-4)32(50)44-8-5-6-26(44)31(49)42-24(12-21-14-36-17-39-21)30(48)41-23(11-20-13-35-16-38-20)29(47)37-15-27(45)40-19(3)33(51)52/h13-14,16-19,22-26H,5-12,15,34H2,1-4H3,(H,35,38)(H,36,39)(H,37,47)(H,40,45)(H,41,48)(H,42,49)(H,43,46)(H,51,52)/t19-,22-,23-,24-,25-,26-/m0/s1. The first-order chi connectivity index (χ1) is 25.2. The van der Waals surface area contributed by atoms with Gasteiger partial charge in [-0.1, -0.05) is 13.8 Å². The summed E-state index contributed by atoms with van der Waals surface area (Å²) in [5, 5.41) is 21.9. The predicted octanol–water partition coefficient (Wildman–Crippen LogP) is -1.80. The molecule has 2 aromatic heterocycles. The average Bonchev–Trinajstić information content (AvgIpc) is 3.92. The predicted molar refractivity (Wildman–Crippen MR) is 194 cm³/mol. The fourth-order valence-corrected chi connectivity index (χ4v) is 6.18. The highest BCUT2D eigenvalue weighted by Gasteiger charge is 2.40. The summed E-state index contributed by atoms with van der Waals surface area (Å²) in [5.74, 6) is -4.25. The Balaban J connectivity index is 1.77. The monoisotopic (exact) mass is 761 g/mol. The number of rotatable bonds is 21. The van der Waals surface area contributed by atoms with Gasteiger partial charge in [-0.05, 0) is 50.5 Å². The molecule has 0 aromatic carbocycles. The van der Waals surface area contributed by atoms with Gasteiger partial charge in [-0.3, -0.25) is 33.6 Å². The first-order valence-electron chi connectivity index (χ1n) is 17.4. The lowest BCUT2D eigenvalue weighted by Gasteiger charge is -2.31. The molecule has 0 saturated carbocycles. The van der Waals surface area contributed by atoms with Crippen LogP contribution in [0, 0.1) is 5.92 Å². The van der Waals surface area contributed by atoms with Crippen LogP contribution in [0.1, 0.15) is 57.8 Å². The zero-order chi connectivity index (χ0) is 39.1. The Morgan fingerprint density at radius 3 is 2.06 bits per heavy atom. The smallest absolute Gasteiger partial charge is 0.325 e. The maximum absolute atomic E-state index is 13.9. The number of nitrogens with one attached hydrogen (secondary N) is 7. The lowest BCUT2D eigenvalue weighted by atomic mass is 10.0. The molecule has 292 valence electrons. The number of nitrogens with zero attached hydrogens (tertiary/aromatic N) is 3. The Morgan fingerprint density at radius 1 is 0.906 bits per heavy atom. The van der Waals surface area contributed by atoms with Gasteiger partial charge < -0.3 is 52.3 Å². The van der Waals surface area contributed by atoms with Crippen LogP contribution in [0.2, 0.25) is 0 Å². The molecule has 0 aliphatic carbocycles. The number of amides is 6. The maximum Gasteiger partial charge on any atom is 0.325 e. The van der Waals surface area contributed by atoms with Crippen LogP contribution in [0.4, 0.5) is 0 Å². The van der Waals surface area contributed by atoms with Crippen LogP contribution in [0.3, 0.4) is 0 Å². The molecular weight excluding hydrogens is 710 g/mol. The Bertz CT molecular complexity index is 1540. The summed E-state index contributed by atoms with van der Waals surface area (Å²) in [6, 6.07) is -6.31. The number of aromatic amines is 2. The molecule has 0 unspecified atom stereocenters. The molecule has 6 atom stereocenters. The third-order valence-electron chi connectivity index (χ3n) is 8.52. The number of aromatic nitrogens is 4. The van der Waals surface area contributed by atoms with Gasteiger partial charge in [0.05, 0.1) is 25.2 Å². The van der Waals surface area contributed by atoms with Crippen molar-refractivity contribution in [3.8, 4) is 0 Å². The highest BCUT2D eigenvalue weighted by Crippen LogP contribution is 2.21. The molecule has 6 amide bonds. The summed E-state index contributed by atoms with van der Waals surface area (Å²) < 4.78 is 0. The minimum atomic E-state index is -1.26. The number of imidazole rings is 2. The summed E-state index contributed by atoms with van der Waals surface area (Å²) in [5.41, 5.74) is 7.06. The number of likely N-dealkylation sites (tertiary alicyclic amines) is 1. The van der Waals surface area contributed by atoms with Crippen molar-refractivity contribution in [3.05, 3.63) is 36.4 Å². The van der Waals surface area contributed by atoms with Crippen LogP contribution in [-0.4, -0.2) is 133 Å². The van der Waals surface area contributed by atoms with Crippen LogP contribution in [0.25, 0.3) is 0 Å². The molecule has 0 bridgehead atoms. The Kier molecular flexibility index (Phi) is 16.7. The van der Waals surface area contributed by atoms with Crippen molar-refractivity contribution in [2.45, 2.75) is 95.5 Å². The fourth-order valence-electron chi connectivity index (χ4n) is 5.69.